The third kappa shape index (κ3) is 5.46. The molecule has 0 aliphatic carbocycles. The van der Waals surface area contributed by atoms with Crippen LogP contribution in [0.3, 0.4) is 0 Å². The van der Waals surface area contributed by atoms with Crippen LogP contribution >= 0.6 is 11.3 Å². The minimum Gasteiger partial charge on any atom is -0.493 e. The lowest BCUT2D eigenvalue weighted by atomic mass is 10.0. The SMILES string of the molecule is COc1ccc(C2CC(c3cccs3)=NN2C(=O)COC(=O)CCc2ccccc2)cc1OC. The van der Waals surface area contributed by atoms with Gasteiger partial charge in [0.25, 0.3) is 5.91 Å². The molecule has 0 N–H and O–H groups in total. The van der Waals surface area contributed by atoms with Crippen LogP contribution in [0, 0.1) is 0 Å². The number of hydrogen-bond donors (Lipinski definition) is 0. The number of methoxy groups -OCH3 is 2. The Morgan fingerprint density at radius 2 is 1.82 bits per heavy atom. The molecule has 0 fully saturated rings. The van der Waals surface area contributed by atoms with Crippen molar-refractivity contribution >= 4 is 28.9 Å². The van der Waals surface area contributed by atoms with Crippen molar-refractivity contribution in [1.82, 2.24) is 5.01 Å². The molecule has 0 bridgehead atoms. The van der Waals surface area contributed by atoms with Crippen LogP contribution in [-0.4, -0.2) is 43.4 Å². The van der Waals surface area contributed by atoms with E-state index in [-0.39, 0.29) is 25.0 Å². The molecule has 0 saturated heterocycles. The molecule has 0 spiro atoms. The van der Waals surface area contributed by atoms with Crippen LogP contribution in [0.1, 0.15) is 34.9 Å². The average molecular weight is 479 g/mol. The van der Waals surface area contributed by atoms with Gasteiger partial charge >= 0.3 is 5.97 Å². The van der Waals surface area contributed by atoms with Gasteiger partial charge in [0.15, 0.2) is 18.1 Å². The Kier molecular flexibility index (Phi) is 7.59. The highest BCUT2D eigenvalue weighted by atomic mass is 32.1. The fraction of sp³-hybridized carbons (Fsp3) is 0.269. The van der Waals surface area contributed by atoms with Crippen molar-refractivity contribution in [1.29, 1.82) is 0 Å². The normalized spacial score (nSPS) is 15.1. The molecule has 1 aliphatic rings. The van der Waals surface area contributed by atoms with Gasteiger partial charge in [-0.2, -0.15) is 5.10 Å². The molecule has 0 radical (unpaired) electrons. The topological polar surface area (TPSA) is 77.4 Å². The van der Waals surface area contributed by atoms with Gasteiger partial charge in [-0.25, -0.2) is 5.01 Å². The molecular weight excluding hydrogens is 452 g/mol. The molecule has 1 aliphatic heterocycles. The minimum atomic E-state index is -0.415. The van der Waals surface area contributed by atoms with E-state index in [0.29, 0.717) is 24.3 Å². The van der Waals surface area contributed by atoms with E-state index in [1.165, 1.54) is 5.01 Å². The van der Waals surface area contributed by atoms with Gasteiger partial charge in [0, 0.05) is 12.8 Å². The first kappa shape index (κ1) is 23.5. The lowest BCUT2D eigenvalue weighted by Crippen LogP contribution is -2.31. The highest BCUT2D eigenvalue weighted by Gasteiger charge is 2.34. The summed E-state index contributed by atoms with van der Waals surface area (Å²) in [6.07, 6.45) is 1.32. The molecule has 2 heterocycles. The van der Waals surface area contributed by atoms with E-state index in [0.717, 1.165) is 21.7 Å². The van der Waals surface area contributed by atoms with Gasteiger partial charge in [-0.1, -0.05) is 42.5 Å². The summed E-state index contributed by atoms with van der Waals surface area (Å²) >= 11 is 1.57. The van der Waals surface area contributed by atoms with Crippen LogP contribution in [-0.2, 0) is 20.7 Å². The molecule has 0 saturated carbocycles. The smallest absolute Gasteiger partial charge is 0.306 e. The summed E-state index contributed by atoms with van der Waals surface area (Å²) in [5.41, 5.74) is 2.72. The first-order valence-electron chi connectivity index (χ1n) is 10.9. The Hall–Kier alpha value is -3.65. The molecule has 3 aromatic rings. The predicted molar refractivity (Wildman–Crippen MR) is 130 cm³/mol. The number of aryl methyl sites for hydroxylation is 1. The van der Waals surface area contributed by atoms with Crippen LogP contribution in [0.5, 0.6) is 11.5 Å². The summed E-state index contributed by atoms with van der Waals surface area (Å²) in [5, 5.41) is 8.00. The Morgan fingerprint density at radius 1 is 1.03 bits per heavy atom. The molecule has 1 atom stereocenters. The van der Waals surface area contributed by atoms with Gasteiger partial charge in [-0.15, -0.1) is 11.3 Å². The second-order valence-electron chi connectivity index (χ2n) is 7.74. The summed E-state index contributed by atoms with van der Waals surface area (Å²) in [7, 11) is 3.15. The molecule has 34 heavy (non-hydrogen) atoms. The van der Waals surface area contributed by atoms with Gasteiger partial charge in [-0.3, -0.25) is 9.59 Å². The molecule has 176 valence electrons. The van der Waals surface area contributed by atoms with E-state index in [1.807, 2.05) is 66.0 Å². The van der Waals surface area contributed by atoms with E-state index in [1.54, 1.807) is 25.6 Å². The van der Waals surface area contributed by atoms with Crippen molar-refractivity contribution in [2.75, 3.05) is 20.8 Å². The number of amides is 1. The van der Waals surface area contributed by atoms with E-state index >= 15 is 0 Å². The third-order valence-electron chi connectivity index (χ3n) is 5.58. The van der Waals surface area contributed by atoms with Crippen molar-refractivity contribution in [3.05, 3.63) is 82.0 Å². The van der Waals surface area contributed by atoms with Crippen molar-refractivity contribution < 1.29 is 23.8 Å². The minimum absolute atomic E-state index is 0.208. The van der Waals surface area contributed by atoms with Gasteiger partial charge in [0.1, 0.15) is 0 Å². The maximum absolute atomic E-state index is 13.1. The summed E-state index contributed by atoms with van der Waals surface area (Å²) in [6.45, 7) is -0.362. The second kappa shape index (κ2) is 11.0. The van der Waals surface area contributed by atoms with Crippen LogP contribution in [0.2, 0.25) is 0 Å². The number of ether oxygens (including phenoxy) is 3. The maximum Gasteiger partial charge on any atom is 0.306 e. The highest BCUT2D eigenvalue weighted by Crippen LogP contribution is 2.37. The summed E-state index contributed by atoms with van der Waals surface area (Å²) in [6, 6.07) is 18.8. The number of hydrogen-bond acceptors (Lipinski definition) is 7. The number of carbonyl (C=O) groups excluding carboxylic acids is 2. The quantitative estimate of drug-likeness (QED) is 0.420. The van der Waals surface area contributed by atoms with Crippen molar-refractivity contribution in [3.8, 4) is 11.5 Å². The number of nitrogens with zero attached hydrogens (tertiary/aromatic N) is 2. The van der Waals surface area contributed by atoms with Crippen LogP contribution < -0.4 is 9.47 Å². The lowest BCUT2D eigenvalue weighted by Gasteiger charge is -2.22. The number of esters is 1. The molecule has 8 heteroatoms. The maximum atomic E-state index is 13.1. The fourth-order valence-corrected chi connectivity index (χ4v) is 4.54. The molecule has 2 aromatic carbocycles. The van der Waals surface area contributed by atoms with Gasteiger partial charge < -0.3 is 14.2 Å². The first-order chi connectivity index (χ1) is 16.6. The molecular formula is C26H26N2O5S. The molecule has 7 nitrogen and oxygen atoms in total. The highest BCUT2D eigenvalue weighted by molar-refractivity contribution is 7.12. The average Bonchev–Trinajstić information content (AvgIpc) is 3.56. The Morgan fingerprint density at radius 3 is 2.53 bits per heavy atom. The summed E-state index contributed by atoms with van der Waals surface area (Å²) in [4.78, 5) is 26.3. The predicted octanol–water partition coefficient (Wildman–Crippen LogP) is 4.62. The Labute approximate surface area is 202 Å². The second-order valence-corrected chi connectivity index (χ2v) is 8.69. The van der Waals surface area contributed by atoms with Gasteiger partial charge in [0.05, 0.1) is 30.9 Å². The van der Waals surface area contributed by atoms with Gasteiger partial charge in [-0.05, 0) is 41.1 Å². The Bertz CT molecular complexity index is 1160. The zero-order valence-electron chi connectivity index (χ0n) is 19.1. The summed E-state index contributed by atoms with van der Waals surface area (Å²) in [5.74, 6) is 0.388. The largest absolute Gasteiger partial charge is 0.493 e. The standard InChI is InChI=1S/C26H26N2O5S/c1-31-22-12-11-19(15-23(22)32-2)21-16-20(24-9-6-14-34-24)27-28(21)25(29)17-33-26(30)13-10-18-7-4-3-5-8-18/h3-9,11-12,14-15,21H,10,13,16-17H2,1-2H3. The van der Waals surface area contributed by atoms with Crippen molar-refractivity contribution in [2.24, 2.45) is 5.10 Å². The van der Waals surface area contributed by atoms with Crippen LogP contribution in [0.25, 0.3) is 0 Å². The fourth-order valence-electron chi connectivity index (χ4n) is 3.82. The number of benzene rings is 2. The molecule has 1 amide bonds. The molecule has 1 unspecified atom stereocenters. The number of carbonyl (C=O) groups is 2. The summed E-state index contributed by atoms with van der Waals surface area (Å²) < 4.78 is 16.1. The number of thiophene rings is 1. The van der Waals surface area contributed by atoms with Crippen LogP contribution in [0.4, 0.5) is 0 Å². The van der Waals surface area contributed by atoms with E-state index in [4.69, 9.17) is 14.2 Å². The zero-order chi connectivity index (χ0) is 23.9. The van der Waals surface area contributed by atoms with E-state index in [2.05, 4.69) is 5.10 Å². The van der Waals surface area contributed by atoms with Crippen molar-refractivity contribution in [2.45, 2.75) is 25.3 Å². The van der Waals surface area contributed by atoms with E-state index < -0.39 is 5.97 Å². The third-order valence-corrected chi connectivity index (χ3v) is 6.50. The molecule has 4 rings (SSSR count). The zero-order valence-corrected chi connectivity index (χ0v) is 19.9. The van der Waals surface area contributed by atoms with E-state index in [9.17, 15) is 9.59 Å². The number of hydrazone groups is 1. The van der Waals surface area contributed by atoms with Gasteiger partial charge in [0.2, 0.25) is 0 Å². The first-order valence-corrected chi connectivity index (χ1v) is 11.8. The monoisotopic (exact) mass is 478 g/mol. The van der Waals surface area contributed by atoms with Crippen LogP contribution in [0.15, 0.2) is 71.1 Å². The Balaban J connectivity index is 1.47. The molecule has 1 aromatic heterocycles. The lowest BCUT2D eigenvalue weighted by molar-refractivity contribution is -0.152. The van der Waals surface area contributed by atoms with Crippen molar-refractivity contribution in [3.63, 3.8) is 0 Å². The number of rotatable bonds is 9.